The smallest absolute Gasteiger partial charge is 0.337 e. The van der Waals surface area contributed by atoms with E-state index in [1.807, 2.05) is 0 Å². The molecule has 3 N–H and O–H groups in total. The van der Waals surface area contributed by atoms with E-state index in [0.29, 0.717) is 16.7 Å². The lowest BCUT2D eigenvalue weighted by Gasteiger charge is -2.08. The second-order valence-electron chi connectivity index (χ2n) is 3.67. The maximum Gasteiger partial charge on any atom is 0.441 e. The number of aromatic nitrogens is 3. The fourth-order valence-corrected chi connectivity index (χ4v) is 1.90. The van der Waals surface area contributed by atoms with Crippen molar-refractivity contribution in [3.05, 3.63) is 18.2 Å². The molecule has 2 rings (SSSR count). The standard InChI is InChI=1S/C10H10F3N5OS/c11-10(12,13)20-5-4-14-9(19)15-6-2-1-3-7-8(6)17-18-16-7/h1-3H,4-5H2,(H2,14,15,19)(H,16,17,18). The molecule has 0 atom stereocenters. The van der Waals surface area contributed by atoms with Crippen LogP contribution in [-0.4, -0.2) is 39.2 Å². The van der Waals surface area contributed by atoms with Crippen LogP contribution in [0.1, 0.15) is 0 Å². The molecule has 0 aliphatic rings. The highest BCUT2D eigenvalue weighted by Crippen LogP contribution is 2.29. The average Bonchev–Trinajstić information content (AvgIpc) is 2.83. The SMILES string of the molecule is O=C(NCCSC(F)(F)F)Nc1cccc2n[nH]nc12. The number of aromatic amines is 1. The average molecular weight is 305 g/mol. The van der Waals surface area contributed by atoms with Crippen molar-refractivity contribution in [1.82, 2.24) is 20.7 Å². The first-order valence-electron chi connectivity index (χ1n) is 5.51. The number of thioether (sulfide) groups is 1. The van der Waals surface area contributed by atoms with Crippen LogP contribution in [-0.2, 0) is 0 Å². The Kier molecular flexibility index (Phi) is 4.32. The van der Waals surface area contributed by atoms with Gasteiger partial charge in [0.1, 0.15) is 11.0 Å². The third-order valence-corrected chi connectivity index (χ3v) is 2.98. The van der Waals surface area contributed by atoms with Crippen molar-refractivity contribution in [2.24, 2.45) is 0 Å². The number of hydrogen-bond acceptors (Lipinski definition) is 4. The van der Waals surface area contributed by atoms with Crippen molar-refractivity contribution in [1.29, 1.82) is 0 Å². The summed E-state index contributed by atoms with van der Waals surface area (Å²) in [5.74, 6) is -0.245. The van der Waals surface area contributed by atoms with Gasteiger partial charge in [0.25, 0.3) is 0 Å². The summed E-state index contributed by atoms with van der Waals surface area (Å²) in [7, 11) is 0. The molecule has 0 aliphatic heterocycles. The third kappa shape index (κ3) is 4.02. The second kappa shape index (κ2) is 5.99. The summed E-state index contributed by atoms with van der Waals surface area (Å²) in [6, 6.07) is 4.42. The number of amides is 2. The van der Waals surface area contributed by atoms with Gasteiger partial charge in [0, 0.05) is 12.3 Å². The van der Waals surface area contributed by atoms with Gasteiger partial charge >= 0.3 is 11.5 Å². The number of para-hydroxylation sites is 1. The summed E-state index contributed by atoms with van der Waals surface area (Å²) in [5.41, 5.74) is -2.80. The molecule has 0 saturated heterocycles. The lowest BCUT2D eigenvalue weighted by Crippen LogP contribution is -2.31. The summed E-state index contributed by atoms with van der Waals surface area (Å²) in [6.45, 7) is -0.0925. The van der Waals surface area contributed by atoms with E-state index in [9.17, 15) is 18.0 Å². The number of alkyl halides is 3. The van der Waals surface area contributed by atoms with Crippen LogP contribution >= 0.6 is 11.8 Å². The van der Waals surface area contributed by atoms with Crippen LogP contribution in [0.15, 0.2) is 18.2 Å². The van der Waals surface area contributed by atoms with Crippen LogP contribution in [0.3, 0.4) is 0 Å². The first-order valence-corrected chi connectivity index (χ1v) is 6.49. The first kappa shape index (κ1) is 14.4. The van der Waals surface area contributed by atoms with E-state index in [4.69, 9.17) is 0 Å². The summed E-state index contributed by atoms with van der Waals surface area (Å²) in [5, 5.41) is 15.0. The van der Waals surface area contributed by atoms with Crippen molar-refractivity contribution in [2.45, 2.75) is 5.51 Å². The molecule has 108 valence electrons. The zero-order valence-electron chi connectivity index (χ0n) is 9.99. The highest BCUT2D eigenvalue weighted by molar-refractivity contribution is 8.00. The van der Waals surface area contributed by atoms with Crippen LogP contribution in [0, 0.1) is 0 Å². The quantitative estimate of drug-likeness (QED) is 0.757. The molecule has 0 saturated carbocycles. The van der Waals surface area contributed by atoms with Gasteiger partial charge in [-0.25, -0.2) is 4.79 Å². The molecule has 6 nitrogen and oxygen atoms in total. The maximum atomic E-state index is 11.9. The fourth-order valence-electron chi connectivity index (χ4n) is 1.47. The number of halogens is 3. The highest BCUT2D eigenvalue weighted by atomic mass is 32.2. The molecule has 10 heteroatoms. The molecule has 0 spiro atoms. The number of nitrogens with one attached hydrogen (secondary N) is 3. The molecule has 0 aliphatic carbocycles. The van der Waals surface area contributed by atoms with Gasteiger partial charge in [-0.1, -0.05) is 6.07 Å². The van der Waals surface area contributed by atoms with Gasteiger partial charge in [0.15, 0.2) is 0 Å². The number of urea groups is 1. The van der Waals surface area contributed by atoms with E-state index in [1.54, 1.807) is 18.2 Å². The molecule has 0 fully saturated rings. The minimum absolute atomic E-state index is 0.0925. The predicted octanol–water partition coefficient (Wildman–Crippen LogP) is 2.33. The number of carbonyl (C=O) groups excluding carboxylic acids is 1. The third-order valence-electron chi connectivity index (χ3n) is 2.25. The fraction of sp³-hybridized carbons (Fsp3) is 0.300. The Morgan fingerprint density at radius 3 is 2.90 bits per heavy atom. The molecule has 0 bridgehead atoms. The van der Waals surface area contributed by atoms with Crippen LogP contribution in [0.4, 0.5) is 23.7 Å². The minimum atomic E-state index is -4.29. The van der Waals surface area contributed by atoms with Gasteiger partial charge in [-0.3, -0.25) is 0 Å². The summed E-state index contributed by atoms with van der Waals surface area (Å²) >= 11 is -0.184. The van der Waals surface area contributed by atoms with Crippen molar-refractivity contribution in [2.75, 3.05) is 17.6 Å². The molecule has 1 aromatic heterocycles. The monoisotopic (exact) mass is 305 g/mol. The Hall–Kier alpha value is -1.97. The van der Waals surface area contributed by atoms with E-state index in [-0.39, 0.29) is 24.1 Å². The number of rotatable bonds is 4. The van der Waals surface area contributed by atoms with Crippen LogP contribution in [0.5, 0.6) is 0 Å². The van der Waals surface area contributed by atoms with E-state index in [2.05, 4.69) is 26.0 Å². The van der Waals surface area contributed by atoms with E-state index < -0.39 is 11.5 Å². The predicted molar refractivity (Wildman–Crippen MR) is 69.4 cm³/mol. The minimum Gasteiger partial charge on any atom is -0.337 e. The van der Waals surface area contributed by atoms with Gasteiger partial charge in [-0.2, -0.15) is 28.6 Å². The lowest BCUT2D eigenvalue weighted by molar-refractivity contribution is -0.0327. The number of H-pyrrole nitrogens is 1. The van der Waals surface area contributed by atoms with Crippen molar-refractivity contribution < 1.29 is 18.0 Å². The number of benzene rings is 1. The summed E-state index contributed by atoms with van der Waals surface area (Å²) < 4.78 is 35.6. The van der Waals surface area contributed by atoms with Crippen molar-refractivity contribution >= 4 is 34.5 Å². The molecule has 0 unspecified atom stereocenters. The number of hydrogen-bond donors (Lipinski definition) is 3. The molecule has 1 aromatic carbocycles. The molecular formula is C10H10F3N5OS. The topological polar surface area (TPSA) is 82.7 Å². The Labute approximate surface area is 115 Å². The van der Waals surface area contributed by atoms with Crippen molar-refractivity contribution in [3.8, 4) is 0 Å². The van der Waals surface area contributed by atoms with Crippen LogP contribution < -0.4 is 10.6 Å². The van der Waals surface area contributed by atoms with Gasteiger partial charge in [0.2, 0.25) is 0 Å². The van der Waals surface area contributed by atoms with Gasteiger partial charge in [-0.15, -0.1) is 0 Å². The highest BCUT2D eigenvalue weighted by Gasteiger charge is 2.27. The van der Waals surface area contributed by atoms with Gasteiger partial charge in [-0.05, 0) is 23.9 Å². The Morgan fingerprint density at radius 1 is 1.35 bits per heavy atom. The zero-order valence-corrected chi connectivity index (χ0v) is 10.8. The number of carbonyl (C=O) groups is 1. The lowest BCUT2D eigenvalue weighted by atomic mass is 10.2. The molecule has 2 amide bonds. The molecule has 1 heterocycles. The largest absolute Gasteiger partial charge is 0.441 e. The van der Waals surface area contributed by atoms with E-state index in [0.717, 1.165) is 0 Å². The zero-order chi connectivity index (χ0) is 14.6. The Balaban J connectivity index is 1.84. The summed E-state index contributed by atoms with van der Waals surface area (Å²) in [6.07, 6.45) is 0. The van der Waals surface area contributed by atoms with Crippen LogP contribution in [0.2, 0.25) is 0 Å². The van der Waals surface area contributed by atoms with Gasteiger partial charge < -0.3 is 10.6 Å². The number of fused-ring (bicyclic) bond motifs is 1. The molecule has 2 aromatic rings. The Morgan fingerprint density at radius 2 is 2.15 bits per heavy atom. The summed E-state index contributed by atoms with van der Waals surface area (Å²) in [4.78, 5) is 11.5. The van der Waals surface area contributed by atoms with Crippen LogP contribution in [0.25, 0.3) is 11.0 Å². The molecule has 20 heavy (non-hydrogen) atoms. The van der Waals surface area contributed by atoms with Crippen molar-refractivity contribution in [3.63, 3.8) is 0 Å². The van der Waals surface area contributed by atoms with E-state index >= 15 is 0 Å². The Bertz CT molecular complexity index is 600. The maximum absolute atomic E-state index is 11.9. The normalized spacial score (nSPS) is 11.6. The molecule has 0 radical (unpaired) electrons. The number of anilines is 1. The molecular weight excluding hydrogens is 295 g/mol. The van der Waals surface area contributed by atoms with Gasteiger partial charge in [0.05, 0.1) is 5.69 Å². The second-order valence-corrected chi connectivity index (χ2v) is 4.83. The van der Waals surface area contributed by atoms with E-state index in [1.165, 1.54) is 0 Å². The first-order chi connectivity index (χ1) is 9.46. The number of nitrogens with zero attached hydrogens (tertiary/aromatic N) is 2.